The van der Waals surface area contributed by atoms with E-state index in [1.54, 1.807) is 72.8 Å². The van der Waals surface area contributed by atoms with Gasteiger partial charge in [0.05, 0.1) is 51.9 Å². The Morgan fingerprint density at radius 3 is 2.15 bits per heavy atom. The summed E-state index contributed by atoms with van der Waals surface area (Å²) in [6.07, 6.45) is 2.64. The molecule has 2 heterocycles. The van der Waals surface area contributed by atoms with Crippen LogP contribution in [0.1, 0.15) is 28.4 Å². The quantitative estimate of drug-likeness (QED) is 0.106. The number of aryl methyl sites for hydroxylation is 1. The van der Waals surface area contributed by atoms with Crippen LogP contribution in [0, 0.1) is 6.92 Å². The van der Waals surface area contributed by atoms with Crippen LogP contribution in [0.25, 0.3) is 0 Å². The van der Waals surface area contributed by atoms with Gasteiger partial charge in [-0.15, -0.1) is 0 Å². The van der Waals surface area contributed by atoms with Crippen molar-refractivity contribution in [2.75, 3.05) is 6.54 Å². The van der Waals surface area contributed by atoms with Crippen molar-refractivity contribution in [2.24, 2.45) is 5.10 Å². The van der Waals surface area contributed by atoms with E-state index in [2.05, 4.69) is 10.5 Å². The molecule has 0 saturated carbocycles. The van der Waals surface area contributed by atoms with Crippen LogP contribution < -0.4 is 5.43 Å². The molecule has 1 amide bonds. The first-order chi connectivity index (χ1) is 22.9. The normalized spacial score (nSPS) is 12.3. The van der Waals surface area contributed by atoms with Gasteiger partial charge in [0.2, 0.25) is 20.0 Å². The first-order valence-electron chi connectivity index (χ1n) is 14.4. The zero-order valence-electron chi connectivity index (χ0n) is 25.5. The second kappa shape index (κ2) is 15.3. The Bertz CT molecular complexity index is 2100. The maximum atomic E-state index is 13.7. The molecular formula is C33H30Cl2N4O7S2. The van der Waals surface area contributed by atoms with E-state index >= 15 is 0 Å². The van der Waals surface area contributed by atoms with Gasteiger partial charge in [-0.2, -0.15) is 13.7 Å². The average Bonchev–Trinajstić information content (AvgIpc) is 3.75. The minimum atomic E-state index is -4.04. The highest BCUT2D eigenvalue weighted by molar-refractivity contribution is 7.89. The molecule has 48 heavy (non-hydrogen) atoms. The lowest BCUT2D eigenvalue weighted by Gasteiger charge is -2.22. The summed E-state index contributed by atoms with van der Waals surface area (Å²) in [5, 5.41) is 4.55. The van der Waals surface area contributed by atoms with E-state index < -0.39 is 32.5 Å². The lowest BCUT2D eigenvalue weighted by atomic mass is 10.2. The second-order valence-corrected chi connectivity index (χ2v) is 15.3. The van der Waals surface area contributed by atoms with Crippen molar-refractivity contribution in [3.8, 4) is 0 Å². The molecule has 0 atom stereocenters. The largest absolute Gasteiger partial charge is 0.468 e. The monoisotopic (exact) mass is 728 g/mol. The maximum Gasteiger partial charge on any atom is 0.255 e. The van der Waals surface area contributed by atoms with Gasteiger partial charge in [-0.1, -0.05) is 65.2 Å². The SMILES string of the molecule is Cc1ccc(S(=O)(=O)N(Cc2ccc(Cl)c(Cl)c2)Cc2ccc(/C=N\NC(=O)CN(Cc3ccco3)S(=O)(=O)c3ccccc3)o2)cc1. The number of nitrogens with zero attached hydrogens (tertiary/aromatic N) is 3. The van der Waals surface area contributed by atoms with Crippen molar-refractivity contribution in [1.82, 2.24) is 14.0 Å². The van der Waals surface area contributed by atoms with Gasteiger partial charge in [0.25, 0.3) is 5.91 Å². The zero-order valence-corrected chi connectivity index (χ0v) is 28.6. The molecule has 0 fully saturated rings. The van der Waals surface area contributed by atoms with Crippen LogP contribution in [-0.2, 0) is 44.5 Å². The summed E-state index contributed by atoms with van der Waals surface area (Å²) in [7, 11) is -8.02. The molecule has 5 aromatic rings. The fourth-order valence-electron chi connectivity index (χ4n) is 4.56. The lowest BCUT2D eigenvalue weighted by Crippen LogP contribution is -2.38. The molecule has 0 aliphatic carbocycles. The number of hydrogen-bond donors (Lipinski definition) is 1. The standard InChI is InChI=1S/C33H30Cl2N4O7S2/c1-24-9-14-30(15-10-24)48(43,44)38(20-25-11-16-31(34)32(35)18-25)22-28-13-12-26(46-28)19-36-37-33(40)23-39(21-27-6-5-17-45-27)47(41,42)29-7-3-2-4-8-29/h2-19H,20-23H2,1H3,(H,37,40)/b36-19-. The molecule has 2 aromatic heterocycles. The van der Waals surface area contributed by atoms with Crippen molar-refractivity contribution in [3.05, 3.63) is 142 Å². The summed E-state index contributed by atoms with van der Waals surface area (Å²) in [5.41, 5.74) is 3.84. The molecule has 11 nitrogen and oxygen atoms in total. The van der Waals surface area contributed by atoms with E-state index in [1.807, 2.05) is 6.92 Å². The van der Waals surface area contributed by atoms with Gasteiger partial charge in [0.15, 0.2) is 0 Å². The summed E-state index contributed by atoms with van der Waals surface area (Å²) in [6.45, 7) is 0.998. The molecular weight excluding hydrogens is 699 g/mol. The molecule has 5 rings (SSSR count). The molecule has 15 heteroatoms. The number of benzene rings is 3. The predicted octanol–water partition coefficient (Wildman–Crippen LogP) is 6.22. The van der Waals surface area contributed by atoms with Crippen LogP contribution in [0.5, 0.6) is 0 Å². The number of furan rings is 2. The minimum absolute atomic E-state index is 0.0202. The summed E-state index contributed by atoms with van der Waals surface area (Å²) in [5.74, 6) is 0.168. The van der Waals surface area contributed by atoms with Gasteiger partial charge in [-0.25, -0.2) is 22.3 Å². The van der Waals surface area contributed by atoms with Gasteiger partial charge in [0, 0.05) is 6.54 Å². The highest BCUT2D eigenvalue weighted by Crippen LogP contribution is 2.27. The third-order valence-corrected chi connectivity index (χ3v) is 11.4. The zero-order chi connectivity index (χ0) is 34.3. The highest BCUT2D eigenvalue weighted by Gasteiger charge is 2.28. The van der Waals surface area contributed by atoms with E-state index in [0.717, 1.165) is 9.87 Å². The Morgan fingerprint density at radius 2 is 1.46 bits per heavy atom. The van der Waals surface area contributed by atoms with Crippen molar-refractivity contribution in [1.29, 1.82) is 0 Å². The number of nitrogens with one attached hydrogen (secondary N) is 1. The Hall–Kier alpha value is -4.24. The Balaban J connectivity index is 1.28. The van der Waals surface area contributed by atoms with Crippen LogP contribution >= 0.6 is 23.2 Å². The smallest absolute Gasteiger partial charge is 0.255 e. The van der Waals surface area contributed by atoms with E-state index in [1.165, 1.54) is 41.0 Å². The van der Waals surface area contributed by atoms with Crippen LogP contribution in [-0.4, -0.2) is 44.1 Å². The summed E-state index contributed by atoms with van der Waals surface area (Å²) in [6, 6.07) is 25.5. The topological polar surface area (TPSA) is 142 Å². The van der Waals surface area contributed by atoms with E-state index in [4.69, 9.17) is 32.0 Å². The van der Waals surface area contributed by atoms with E-state index in [-0.39, 0.29) is 35.2 Å². The van der Waals surface area contributed by atoms with Gasteiger partial charge in [0.1, 0.15) is 17.3 Å². The predicted molar refractivity (Wildman–Crippen MR) is 181 cm³/mol. The van der Waals surface area contributed by atoms with Crippen LogP contribution in [0.4, 0.5) is 0 Å². The Kier molecular flexibility index (Phi) is 11.2. The molecule has 0 spiro atoms. The van der Waals surface area contributed by atoms with Crippen molar-refractivity contribution in [3.63, 3.8) is 0 Å². The Labute approximate surface area is 288 Å². The number of hydrazone groups is 1. The second-order valence-electron chi connectivity index (χ2n) is 10.6. The number of carbonyl (C=O) groups is 1. The third kappa shape index (κ3) is 8.81. The molecule has 0 radical (unpaired) electrons. The molecule has 3 aromatic carbocycles. The van der Waals surface area contributed by atoms with E-state index in [0.29, 0.717) is 27.1 Å². The molecule has 0 aliphatic rings. The molecule has 1 N–H and O–H groups in total. The number of carbonyl (C=O) groups excluding carboxylic acids is 1. The van der Waals surface area contributed by atoms with Crippen molar-refractivity contribution >= 4 is 55.4 Å². The molecule has 0 saturated heterocycles. The molecule has 0 aliphatic heterocycles. The highest BCUT2D eigenvalue weighted by atomic mass is 35.5. The van der Waals surface area contributed by atoms with Crippen LogP contribution in [0.15, 0.2) is 127 Å². The fraction of sp³-hybridized carbons (Fsp3) is 0.152. The fourth-order valence-corrected chi connectivity index (χ4v) is 7.66. The van der Waals surface area contributed by atoms with Crippen molar-refractivity contribution < 1.29 is 30.5 Å². The van der Waals surface area contributed by atoms with Gasteiger partial charge in [-0.05, 0) is 73.2 Å². The van der Waals surface area contributed by atoms with Crippen molar-refractivity contribution in [2.45, 2.75) is 36.3 Å². The first kappa shape index (κ1) is 35.1. The van der Waals surface area contributed by atoms with Gasteiger partial charge >= 0.3 is 0 Å². The molecule has 0 unspecified atom stereocenters. The average molecular weight is 730 g/mol. The molecule has 0 bridgehead atoms. The van der Waals surface area contributed by atoms with Gasteiger partial charge in [-0.3, -0.25) is 4.79 Å². The summed E-state index contributed by atoms with van der Waals surface area (Å²) < 4.78 is 67.4. The maximum absolute atomic E-state index is 13.7. The number of hydrogen-bond acceptors (Lipinski definition) is 8. The lowest BCUT2D eigenvalue weighted by molar-refractivity contribution is -0.121. The van der Waals surface area contributed by atoms with Gasteiger partial charge < -0.3 is 8.83 Å². The van der Waals surface area contributed by atoms with Crippen LogP contribution in [0.3, 0.4) is 0 Å². The summed E-state index contributed by atoms with van der Waals surface area (Å²) >= 11 is 12.3. The summed E-state index contributed by atoms with van der Waals surface area (Å²) in [4.78, 5) is 12.9. The molecule has 250 valence electrons. The van der Waals surface area contributed by atoms with Crippen LogP contribution in [0.2, 0.25) is 10.0 Å². The van der Waals surface area contributed by atoms with E-state index in [9.17, 15) is 21.6 Å². The number of sulfonamides is 2. The number of rotatable bonds is 14. The Morgan fingerprint density at radius 1 is 0.771 bits per heavy atom. The minimum Gasteiger partial charge on any atom is -0.468 e. The first-order valence-corrected chi connectivity index (χ1v) is 18.0. The number of halogens is 2. The third-order valence-electron chi connectivity index (χ3n) is 7.01. The number of amides is 1.